The molecule has 1 aliphatic heterocycles. The van der Waals surface area contributed by atoms with Crippen molar-refractivity contribution < 1.29 is 9.47 Å². The summed E-state index contributed by atoms with van der Waals surface area (Å²) in [6, 6.07) is 0. The van der Waals surface area contributed by atoms with Gasteiger partial charge in [0.25, 0.3) is 0 Å². The summed E-state index contributed by atoms with van der Waals surface area (Å²) in [7, 11) is 3.19. The highest BCUT2D eigenvalue weighted by molar-refractivity contribution is 6.20. The Kier molecular flexibility index (Phi) is 3.23. The topological polar surface area (TPSA) is 43.2 Å². The first-order valence-corrected chi connectivity index (χ1v) is 3.81. The van der Waals surface area contributed by atoms with Crippen LogP contribution in [-0.4, -0.2) is 32.1 Å². The molecule has 1 heterocycles. The van der Waals surface area contributed by atoms with Crippen LogP contribution in [-0.2, 0) is 9.47 Å². The second-order valence-electron chi connectivity index (χ2n) is 2.30. The Hall–Kier alpha value is -0.190. The minimum Gasteiger partial charge on any atom is -0.376 e. The Morgan fingerprint density at radius 3 is 2.55 bits per heavy atom. The fourth-order valence-electron chi connectivity index (χ4n) is 0.979. The van der Waals surface area contributed by atoms with Gasteiger partial charge in [0.05, 0.1) is 0 Å². The number of hydrogen-bond donors (Lipinski definition) is 0. The summed E-state index contributed by atoms with van der Waals surface area (Å²) in [5.41, 5.74) is -0.272. The Balaban J connectivity index is 2.56. The van der Waals surface area contributed by atoms with E-state index in [1.165, 1.54) is 0 Å². The van der Waals surface area contributed by atoms with Gasteiger partial charge in [0.2, 0.25) is 0 Å². The van der Waals surface area contributed by atoms with E-state index in [9.17, 15) is 0 Å². The molecule has 0 spiro atoms. The summed E-state index contributed by atoms with van der Waals surface area (Å²) >= 11 is 5.72. The van der Waals surface area contributed by atoms with Crippen molar-refractivity contribution in [2.75, 3.05) is 14.2 Å². The Bertz CT molecular complexity index is 154. The summed E-state index contributed by atoms with van der Waals surface area (Å²) in [6.45, 7) is 0. The second kappa shape index (κ2) is 3.99. The molecule has 3 unspecified atom stereocenters. The van der Waals surface area contributed by atoms with Crippen LogP contribution in [0, 0.1) is 0 Å². The molecule has 64 valence electrons. The molecule has 5 heteroatoms. The first-order valence-electron chi connectivity index (χ1n) is 3.37. The highest BCUT2D eigenvalue weighted by Gasteiger charge is 2.27. The molecule has 0 N–H and O–H groups in total. The lowest BCUT2D eigenvalue weighted by Gasteiger charge is -2.24. The van der Waals surface area contributed by atoms with E-state index in [0.717, 1.165) is 0 Å². The first kappa shape index (κ1) is 8.90. The number of azo groups is 1. The van der Waals surface area contributed by atoms with Gasteiger partial charge in [-0.2, -0.15) is 10.2 Å². The molecule has 0 bridgehead atoms. The number of halogens is 1. The Morgan fingerprint density at radius 2 is 2.00 bits per heavy atom. The lowest BCUT2D eigenvalue weighted by molar-refractivity contribution is -0.0474. The SMILES string of the molecule is COC1CC(Cl)N=NC1OC. The van der Waals surface area contributed by atoms with Gasteiger partial charge >= 0.3 is 0 Å². The lowest BCUT2D eigenvalue weighted by Crippen LogP contribution is -2.33. The molecular weight excluding hydrogens is 168 g/mol. The van der Waals surface area contributed by atoms with E-state index in [-0.39, 0.29) is 17.8 Å². The first-order chi connectivity index (χ1) is 5.27. The summed E-state index contributed by atoms with van der Waals surface area (Å²) in [5, 5.41) is 7.59. The van der Waals surface area contributed by atoms with Gasteiger partial charge in [0.15, 0.2) is 6.23 Å². The molecule has 3 atom stereocenters. The smallest absolute Gasteiger partial charge is 0.194 e. The maximum absolute atomic E-state index is 5.72. The monoisotopic (exact) mass is 178 g/mol. The minimum atomic E-state index is -0.296. The summed E-state index contributed by atoms with van der Waals surface area (Å²) in [5.74, 6) is 0. The van der Waals surface area contributed by atoms with Crippen molar-refractivity contribution in [2.24, 2.45) is 10.2 Å². The molecule has 1 rings (SSSR count). The molecule has 0 aliphatic carbocycles. The van der Waals surface area contributed by atoms with E-state index < -0.39 is 0 Å². The summed E-state index contributed by atoms with van der Waals surface area (Å²) in [4.78, 5) is 0. The minimum absolute atomic E-state index is 0.0694. The highest BCUT2D eigenvalue weighted by atomic mass is 35.5. The van der Waals surface area contributed by atoms with Gasteiger partial charge in [-0.1, -0.05) is 11.6 Å². The van der Waals surface area contributed by atoms with Crippen molar-refractivity contribution in [3.63, 3.8) is 0 Å². The predicted octanol–water partition coefficient (Wildman–Crippen LogP) is 1.39. The molecule has 0 saturated carbocycles. The molecule has 1 aliphatic rings. The Labute approximate surface area is 70.5 Å². The molecule has 0 fully saturated rings. The zero-order valence-corrected chi connectivity index (χ0v) is 7.28. The molecule has 0 aromatic rings. The normalized spacial score (nSPS) is 37.5. The maximum atomic E-state index is 5.72. The van der Waals surface area contributed by atoms with Crippen LogP contribution in [0.5, 0.6) is 0 Å². The van der Waals surface area contributed by atoms with Crippen LogP contribution >= 0.6 is 11.6 Å². The highest BCUT2D eigenvalue weighted by Crippen LogP contribution is 2.21. The molecule has 0 aromatic heterocycles. The molecule has 11 heavy (non-hydrogen) atoms. The molecule has 0 saturated heterocycles. The van der Waals surface area contributed by atoms with Crippen molar-refractivity contribution in [1.82, 2.24) is 0 Å². The molecule has 0 amide bonds. The third-order valence-corrected chi connectivity index (χ3v) is 1.86. The zero-order valence-electron chi connectivity index (χ0n) is 6.53. The van der Waals surface area contributed by atoms with Crippen molar-refractivity contribution in [3.8, 4) is 0 Å². The van der Waals surface area contributed by atoms with Gasteiger partial charge in [-0.05, 0) is 0 Å². The van der Waals surface area contributed by atoms with E-state index in [0.29, 0.717) is 6.42 Å². The van der Waals surface area contributed by atoms with Gasteiger partial charge in [-0.3, -0.25) is 0 Å². The number of ether oxygens (including phenoxy) is 2. The number of rotatable bonds is 2. The third kappa shape index (κ3) is 2.12. The zero-order chi connectivity index (χ0) is 8.27. The van der Waals surface area contributed by atoms with E-state index in [4.69, 9.17) is 21.1 Å². The van der Waals surface area contributed by atoms with Crippen molar-refractivity contribution >= 4 is 11.6 Å². The Morgan fingerprint density at radius 1 is 1.27 bits per heavy atom. The summed E-state index contributed by atoms with van der Waals surface area (Å²) < 4.78 is 10.1. The average Bonchev–Trinajstić information content (AvgIpc) is 2.04. The van der Waals surface area contributed by atoms with Crippen LogP contribution < -0.4 is 0 Å². The van der Waals surface area contributed by atoms with Crippen molar-refractivity contribution in [3.05, 3.63) is 0 Å². The quantitative estimate of drug-likeness (QED) is 0.474. The number of methoxy groups -OCH3 is 2. The number of nitrogens with zero attached hydrogens (tertiary/aromatic N) is 2. The molecule has 4 nitrogen and oxygen atoms in total. The fourth-order valence-corrected chi connectivity index (χ4v) is 1.21. The average molecular weight is 179 g/mol. The number of alkyl halides is 1. The largest absolute Gasteiger partial charge is 0.376 e. The standard InChI is InChI=1S/C6H11ClN2O2/c1-10-4-3-5(7)8-9-6(4)11-2/h4-6H,3H2,1-2H3. The van der Waals surface area contributed by atoms with Crippen LogP contribution in [0.15, 0.2) is 10.2 Å². The van der Waals surface area contributed by atoms with Crippen molar-refractivity contribution in [1.29, 1.82) is 0 Å². The van der Waals surface area contributed by atoms with Gasteiger partial charge in [0.1, 0.15) is 11.6 Å². The summed E-state index contributed by atoms with van der Waals surface area (Å²) in [6.07, 6.45) is 0.287. The fraction of sp³-hybridized carbons (Fsp3) is 1.00. The number of hydrogen-bond acceptors (Lipinski definition) is 4. The van der Waals surface area contributed by atoms with Crippen LogP contribution in [0.2, 0.25) is 0 Å². The van der Waals surface area contributed by atoms with Crippen LogP contribution in [0.3, 0.4) is 0 Å². The lowest BCUT2D eigenvalue weighted by atomic mass is 10.2. The van der Waals surface area contributed by atoms with Crippen LogP contribution in [0.25, 0.3) is 0 Å². The predicted molar refractivity (Wildman–Crippen MR) is 40.7 cm³/mol. The third-order valence-electron chi connectivity index (χ3n) is 1.59. The second-order valence-corrected chi connectivity index (χ2v) is 2.81. The van der Waals surface area contributed by atoms with E-state index >= 15 is 0 Å². The van der Waals surface area contributed by atoms with Crippen molar-refractivity contribution in [2.45, 2.75) is 24.3 Å². The van der Waals surface area contributed by atoms with Gasteiger partial charge in [-0.15, -0.1) is 0 Å². The maximum Gasteiger partial charge on any atom is 0.194 e. The molecule has 0 aromatic carbocycles. The molecular formula is C6H11ClN2O2. The van der Waals surface area contributed by atoms with E-state index in [2.05, 4.69) is 10.2 Å². The van der Waals surface area contributed by atoms with Gasteiger partial charge in [-0.25, -0.2) is 0 Å². The van der Waals surface area contributed by atoms with E-state index in [1.807, 2.05) is 0 Å². The van der Waals surface area contributed by atoms with Crippen LogP contribution in [0.4, 0.5) is 0 Å². The molecule has 0 radical (unpaired) electrons. The van der Waals surface area contributed by atoms with Crippen LogP contribution in [0.1, 0.15) is 6.42 Å². The van der Waals surface area contributed by atoms with E-state index in [1.54, 1.807) is 14.2 Å². The van der Waals surface area contributed by atoms with Gasteiger partial charge < -0.3 is 9.47 Å². The van der Waals surface area contributed by atoms with Gasteiger partial charge in [0, 0.05) is 20.6 Å².